The first-order valence-electron chi connectivity index (χ1n) is 7.08. The SMILES string of the molecule is CC1[C@H]2OP(=O)(O)OC[C@H]2O[C@H]2Nc3nc(N)[nH]c(=O)c3N[C@@H]12. The van der Waals surface area contributed by atoms with E-state index in [0.717, 1.165) is 0 Å². The molecule has 6 N–H and O–H groups in total. The molecule has 4 rings (SSSR count). The number of aromatic nitrogens is 2. The average molecular weight is 345 g/mol. The third kappa shape index (κ3) is 2.41. The maximum absolute atomic E-state index is 12.0. The fraction of sp³-hybridized carbons (Fsp3) is 0.636. The number of rotatable bonds is 0. The van der Waals surface area contributed by atoms with Crippen molar-refractivity contribution in [2.75, 3.05) is 23.0 Å². The molecule has 2 fully saturated rings. The van der Waals surface area contributed by atoms with Gasteiger partial charge in [0.15, 0.2) is 5.82 Å². The Labute approximate surface area is 130 Å². The molecule has 0 saturated carbocycles. The normalized spacial score (nSPS) is 41.7. The van der Waals surface area contributed by atoms with Gasteiger partial charge in [0.1, 0.15) is 24.1 Å². The molecule has 2 unspecified atom stereocenters. The number of nitrogen functional groups attached to an aromatic ring is 1. The Morgan fingerprint density at radius 3 is 3.00 bits per heavy atom. The summed E-state index contributed by atoms with van der Waals surface area (Å²) < 4.78 is 27.4. The van der Waals surface area contributed by atoms with Gasteiger partial charge in [-0.1, -0.05) is 6.92 Å². The van der Waals surface area contributed by atoms with Crippen molar-refractivity contribution in [2.24, 2.45) is 5.92 Å². The number of phosphoric acid groups is 1. The molecule has 3 aliphatic rings. The van der Waals surface area contributed by atoms with E-state index in [1.54, 1.807) is 0 Å². The van der Waals surface area contributed by atoms with E-state index >= 15 is 0 Å². The molecule has 0 aliphatic carbocycles. The summed E-state index contributed by atoms with van der Waals surface area (Å²) in [5.41, 5.74) is 5.38. The third-order valence-electron chi connectivity index (χ3n) is 4.28. The monoisotopic (exact) mass is 345 g/mol. The highest BCUT2D eigenvalue weighted by atomic mass is 31.2. The number of nitrogens with one attached hydrogen (secondary N) is 3. The summed E-state index contributed by atoms with van der Waals surface area (Å²) in [5.74, 6) is 0.0677. The van der Waals surface area contributed by atoms with Crippen molar-refractivity contribution in [1.29, 1.82) is 0 Å². The smallest absolute Gasteiger partial charge is 0.370 e. The Kier molecular flexibility index (Phi) is 3.19. The van der Waals surface area contributed by atoms with Gasteiger partial charge in [-0.25, -0.2) is 4.57 Å². The van der Waals surface area contributed by atoms with Crippen molar-refractivity contribution in [3.05, 3.63) is 10.4 Å². The summed E-state index contributed by atoms with van der Waals surface area (Å²) in [5, 5.41) is 6.09. The number of phosphoric ester groups is 1. The van der Waals surface area contributed by atoms with Crippen LogP contribution in [0.15, 0.2) is 4.79 Å². The van der Waals surface area contributed by atoms with Crippen LogP contribution in [0.5, 0.6) is 0 Å². The quantitative estimate of drug-likeness (QED) is 0.385. The van der Waals surface area contributed by atoms with E-state index < -0.39 is 31.8 Å². The molecule has 0 amide bonds. The zero-order valence-corrected chi connectivity index (χ0v) is 12.9. The van der Waals surface area contributed by atoms with Gasteiger partial charge in [-0.15, -0.1) is 0 Å². The van der Waals surface area contributed by atoms with Gasteiger partial charge in [-0.2, -0.15) is 4.98 Å². The molecule has 4 heterocycles. The maximum Gasteiger partial charge on any atom is 0.472 e. The van der Waals surface area contributed by atoms with Crippen LogP contribution in [0.25, 0.3) is 0 Å². The Hall–Kier alpha value is -1.65. The van der Waals surface area contributed by atoms with Gasteiger partial charge in [-0.3, -0.25) is 18.8 Å². The van der Waals surface area contributed by atoms with Crippen LogP contribution in [-0.4, -0.2) is 45.9 Å². The van der Waals surface area contributed by atoms with Crippen LogP contribution in [0.4, 0.5) is 17.5 Å². The van der Waals surface area contributed by atoms with Crippen molar-refractivity contribution in [2.45, 2.75) is 31.4 Å². The van der Waals surface area contributed by atoms with E-state index in [-0.39, 0.29) is 30.2 Å². The zero-order valence-electron chi connectivity index (χ0n) is 12.1. The first-order valence-corrected chi connectivity index (χ1v) is 8.58. The minimum atomic E-state index is -4.07. The van der Waals surface area contributed by atoms with E-state index in [9.17, 15) is 14.3 Å². The third-order valence-corrected chi connectivity index (χ3v) is 5.27. The molecular weight excluding hydrogens is 329 g/mol. The molecule has 1 aromatic rings. The minimum Gasteiger partial charge on any atom is -0.370 e. The van der Waals surface area contributed by atoms with Crippen LogP contribution in [-0.2, 0) is 18.3 Å². The van der Waals surface area contributed by atoms with Gasteiger partial charge in [0.2, 0.25) is 5.95 Å². The maximum atomic E-state index is 12.0. The summed E-state index contributed by atoms with van der Waals surface area (Å²) >= 11 is 0. The van der Waals surface area contributed by atoms with Crippen molar-refractivity contribution in [1.82, 2.24) is 9.97 Å². The Morgan fingerprint density at radius 2 is 2.22 bits per heavy atom. The van der Waals surface area contributed by atoms with Gasteiger partial charge in [-0.05, 0) is 0 Å². The second kappa shape index (κ2) is 4.92. The fourth-order valence-corrected chi connectivity index (χ4v) is 4.21. The summed E-state index contributed by atoms with van der Waals surface area (Å²) in [6.45, 7) is 1.80. The van der Waals surface area contributed by atoms with Crippen molar-refractivity contribution >= 4 is 25.3 Å². The van der Waals surface area contributed by atoms with Crippen molar-refractivity contribution < 1.29 is 23.2 Å². The molecule has 11 nitrogen and oxygen atoms in total. The lowest BCUT2D eigenvalue weighted by atomic mass is 9.87. The first kappa shape index (κ1) is 14.9. The minimum absolute atomic E-state index is 0.00575. The fourth-order valence-electron chi connectivity index (χ4n) is 3.18. The highest BCUT2D eigenvalue weighted by Crippen LogP contribution is 2.52. The van der Waals surface area contributed by atoms with Crippen LogP contribution in [0.1, 0.15) is 6.92 Å². The Balaban J connectivity index is 1.67. The highest BCUT2D eigenvalue weighted by Gasteiger charge is 2.52. The van der Waals surface area contributed by atoms with Gasteiger partial charge in [0.25, 0.3) is 5.56 Å². The van der Waals surface area contributed by atoms with Gasteiger partial charge in [0.05, 0.1) is 12.6 Å². The van der Waals surface area contributed by atoms with Gasteiger partial charge < -0.3 is 26.0 Å². The average Bonchev–Trinajstić information content (AvgIpc) is 2.46. The highest BCUT2D eigenvalue weighted by molar-refractivity contribution is 7.47. The number of anilines is 3. The van der Waals surface area contributed by atoms with Gasteiger partial charge in [0, 0.05) is 5.92 Å². The van der Waals surface area contributed by atoms with Crippen LogP contribution >= 0.6 is 7.82 Å². The molecule has 0 radical (unpaired) electrons. The molecule has 6 atom stereocenters. The number of hydrogen-bond acceptors (Lipinski definition) is 9. The summed E-state index contributed by atoms with van der Waals surface area (Å²) in [7, 11) is -4.07. The van der Waals surface area contributed by atoms with Gasteiger partial charge >= 0.3 is 7.82 Å². The van der Waals surface area contributed by atoms with E-state index in [1.807, 2.05) is 6.92 Å². The Bertz CT molecular complexity index is 755. The van der Waals surface area contributed by atoms with E-state index in [0.29, 0.717) is 5.82 Å². The molecule has 0 aromatic carbocycles. The number of nitrogens with zero attached hydrogens (tertiary/aromatic N) is 1. The molecule has 0 spiro atoms. The largest absolute Gasteiger partial charge is 0.472 e. The Morgan fingerprint density at radius 1 is 1.43 bits per heavy atom. The molecule has 0 bridgehead atoms. The van der Waals surface area contributed by atoms with Crippen molar-refractivity contribution in [3.63, 3.8) is 0 Å². The number of fused-ring (bicyclic) bond motifs is 3. The molecule has 12 heteroatoms. The van der Waals surface area contributed by atoms with E-state index in [4.69, 9.17) is 19.5 Å². The number of aromatic amines is 1. The lowest BCUT2D eigenvalue weighted by Gasteiger charge is -2.49. The topological polar surface area (TPSA) is 161 Å². The number of hydrogen-bond donors (Lipinski definition) is 5. The second-order valence-corrected chi connectivity index (χ2v) is 7.18. The molecule has 2 saturated heterocycles. The van der Waals surface area contributed by atoms with Crippen LogP contribution in [0, 0.1) is 5.92 Å². The summed E-state index contributed by atoms with van der Waals surface area (Å²) in [6, 6.07) is -0.353. The summed E-state index contributed by atoms with van der Waals surface area (Å²) in [4.78, 5) is 27.9. The summed E-state index contributed by atoms with van der Waals surface area (Å²) in [6.07, 6.45) is -1.64. The van der Waals surface area contributed by atoms with E-state index in [2.05, 4.69) is 20.6 Å². The molecular formula is C11H16N5O6P. The van der Waals surface area contributed by atoms with Crippen LogP contribution < -0.4 is 21.9 Å². The predicted octanol–water partition coefficient (Wildman–Crippen LogP) is -0.565. The standard InChI is InChI=1S/C11H16N5O6P/c1-3-5-10(21-4-2-20-23(18,19)22-7(3)4)14-8-6(13-5)9(17)16-11(12)15-8/h3-5,7,10,13H,2H2,1H3,(H,18,19)(H4,12,14,15,16,17)/t3?,4-,5+,7-,10-/m1/s1. The molecule has 3 aliphatic heterocycles. The molecule has 23 heavy (non-hydrogen) atoms. The van der Waals surface area contributed by atoms with Crippen molar-refractivity contribution in [3.8, 4) is 0 Å². The second-order valence-electron chi connectivity index (χ2n) is 5.78. The lowest BCUT2D eigenvalue weighted by molar-refractivity contribution is -0.169. The van der Waals surface area contributed by atoms with Crippen LogP contribution in [0.2, 0.25) is 0 Å². The number of H-pyrrole nitrogens is 1. The number of ether oxygens (including phenoxy) is 1. The predicted molar refractivity (Wildman–Crippen MR) is 78.8 cm³/mol. The first-order chi connectivity index (χ1) is 10.8. The number of nitrogens with two attached hydrogens (primary N) is 1. The molecule has 126 valence electrons. The molecule has 1 aromatic heterocycles. The van der Waals surface area contributed by atoms with E-state index in [1.165, 1.54) is 0 Å². The van der Waals surface area contributed by atoms with Crippen LogP contribution in [0.3, 0.4) is 0 Å². The lowest BCUT2D eigenvalue weighted by Crippen LogP contribution is -2.63. The zero-order chi connectivity index (χ0) is 16.4.